The first-order valence-corrected chi connectivity index (χ1v) is 6.72. The molecule has 1 heterocycles. The SMILES string of the molecule is O=C(O)CC1COCCN1C(=O)c1cccc(OC(F)(F)F)c1. The van der Waals surface area contributed by atoms with Crippen LogP contribution >= 0.6 is 0 Å². The number of hydrogen-bond donors (Lipinski definition) is 1. The van der Waals surface area contributed by atoms with Crippen molar-refractivity contribution in [3.63, 3.8) is 0 Å². The average Bonchev–Trinajstić information content (AvgIpc) is 2.45. The highest BCUT2D eigenvalue weighted by atomic mass is 19.4. The Kier molecular flexibility index (Phi) is 5.09. The predicted molar refractivity (Wildman–Crippen MR) is 71.0 cm³/mol. The lowest BCUT2D eigenvalue weighted by molar-refractivity contribution is -0.274. The standard InChI is InChI=1S/C14H14F3NO5/c15-14(16,17)23-11-3-1-2-9(6-11)13(21)18-4-5-22-8-10(18)7-12(19)20/h1-3,6,10H,4-5,7-8H2,(H,19,20). The van der Waals surface area contributed by atoms with Crippen LogP contribution in [0.25, 0.3) is 0 Å². The van der Waals surface area contributed by atoms with Crippen molar-refractivity contribution in [2.75, 3.05) is 19.8 Å². The first kappa shape index (κ1) is 17.1. The molecule has 1 amide bonds. The van der Waals surface area contributed by atoms with Crippen LogP contribution < -0.4 is 4.74 Å². The molecule has 0 saturated carbocycles. The van der Waals surface area contributed by atoms with Crippen LogP contribution in [0.15, 0.2) is 24.3 Å². The summed E-state index contributed by atoms with van der Waals surface area (Å²) in [6.45, 7) is 0.471. The zero-order chi connectivity index (χ0) is 17.0. The highest BCUT2D eigenvalue weighted by molar-refractivity contribution is 5.95. The Hall–Kier alpha value is -2.29. The summed E-state index contributed by atoms with van der Waals surface area (Å²) in [6.07, 6.45) is -5.16. The lowest BCUT2D eigenvalue weighted by Crippen LogP contribution is -2.49. The number of carboxylic acids is 1. The number of nitrogens with zero attached hydrogens (tertiary/aromatic N) is 1. The molecular weight excluding hydrogens is 319 g/mol. The van der Waals surface area contributed by atoms with Crippen LogP contribution in [0.5, 0.6) is 5.75 Å². The summed E-state index contributed by atoms with van der Waals surface area (Å²) in [5.74, 6) is -2.16. The molecule has 0 bridgehead atoms. The van der Waals surface area contributed by atoms with E-state index in [4.69, 9.17) is 9.84 Å². The molecule has 1 saturated heterocycles. The molecule has 0 spiro atoms. The van der Waals surface area contributed by atoms with Crippen LogP contribution in [0.1, 0.15) is 16.8 Å². The fourth-order valence-corrected chi connectivity index (χ4v) is 2.28. The van der Waals surface area contributed by atoms with E-state index in [0.717, 1.165) is 12.1 Å². The molecule has 126 valence electrons. The Labute approximate surface area is 129 Å². The van der Waals surface area contributed by atoms with Crippen LogP contribution in [0.4, 0.5) is 13.2 Å². The second-order valence-corrected chi connectivity index (χ2v) is 4.90. The van der Waals surface area contributed by atoms with E-state index in [1.807, 2.05) is 0 Å². The third-order valence-corrected chi connectivity index (χ3v) is 3.21. The maximum absolute atomic E-state index is 12.5. The molecule has 0 aliphatic carbocycles. The van der Waals surface area contributed by atoms with E-state index in [-0.39, 0.29) is 31.7 Å². The molecule has 1 aromatic rings. The predicted octanol–water partition coefficient (Wildman–Crippen LogP) is 1.90. The number of carboxylic acid groups (broad SMARTS) is 1. The summed E-state index contributed by atoms with van der Waals surface area (Å²) in [7, 11) is 0. The number of carbonyl (C=O) groups is 2. The van der Waals surface area contributed by atoms with Crippen molar-refractivity contribution in [2.45, 2.75) is 18.8 Å². The van der Waals surface area contributed by atoms with Crippen molar-refractivity contribution >= 4 is 11.9 Å². The van der Waals surface area contributed by atoms with Crippen molar-refractivity contribution in [2.24, 2.45) is 0 Å². The van der Waals surface area contributed by atoms with Gasteiger partial charge in [0.1, 0.15) is 5.75 Å². The number of rotatable bonds is 4. The summed E-state index contributed by atoms with van der Waals surface area (Å²) in [4.78, 5) is 24.6. The molecule has 0 aromatic heterocycles. The fourth-order valence-electron chi connectivity index (χ4n) is 2.28. The molecule has 1 N–H and O–H groups in total. The number of alkyl halides is 3. The second kappa shape index (κ2) is 6.86. The summed E-state index contributed by atoms with van der Waals surface area (Å²) < 4.78 is 45.6. The summed E-state index contributed by atoms with van der Waals surface area (Å²) in [6, 6.07) is 4.00. The van der Waals surface area contributed by atoms with E-state index < -0.39 is 30.0 Å². The molecule has 1 unspecified atom stereocenters. The van der Waals surface area contributed by atoms with Crippen LogP contribution in [0.2, 0.25) is 0 Å². The zero-order valence-electron chi connectivity index (χ0n) is 11.9. The number of ether oxygens (including phenoxy) is 2. The Balaban J connectivity index is 2.17. The van der Waals surface area contributed by atoms with Crippen molar-refractivity contribution in [3.8, 4) is 5.75 Å². The molecule has 9 heteroatoms. The fraction of sp³-hybridized carbons (Fsp3) is 0.429. The maximum atomic E-state index is 12.5. The van der Waals surface area contributed by atoms with Crippen molar-refractivity contribution in [3.05, 3.63) is 29.8 Å². The lowest BCUT2D eigenvalue weighted by atomic mass is 10.1. The molecule has 1 atom stereocenters. The van der Waals surface area contributed by atoms with Crippen LogP contribution in [0.3, 0.4) is 0 Å². The second-order valence-electron chi connectivity index (χ2n) is 4.90. The molecule has 1 aromatic carbocycles. The molecule has 1 aliphatic heterocycles. The minimum atomic E-state index is -4.85. The smallest absolute Gasteiger partial charge is 0.481 e. The number of halogens is 3. The molecular formula is C14H14F3NO5. The Morgan fingerprint density at radius 1 is 1.39 bits per heavy atom. The van der Waals surface area contributed by atoms with E-state index in [2.05, 4.69) is 4.74 Å². The van der Waals surface area contributed by atoms with Gasteiger partial charge in [0.15, 0.2) is 0 Å². The molecule has 1 fully saturated rings. The van der Waals surface area contributed by atoms with Crippen LogP contribution in [0, 0.1) is 0 Å². The van der Waals surface area contributed by atoms with Crippen molar-refractivity contribution < 1.29 is 37.3 Å². The van der Waals surface area contributed by atoms with Gasteiger partial charge in [-0.05, 0) is 18.2 Å². The highest BCUT2D eigenvalue weighted by Gasteiger charge is 2.32. The van der Waals surface area contributed by atoms with Gasteiger partial charge in [-0.25, -0.2) is 0 Å². The van der Waals surface area contributed by atoms with Gasteiger partial charge in [-0.3, -0.25) is 9.59 Å². The van der Waals surface area contributed by atoms with Gasteiger partial charge in [-0.15, -0.1) is 13.2 Å². The van der Waals surface area contributed by atoms with E-state index in [1.54, 1.807) is 0 Å². The largest absolute Gasteiger partial charge is 0.573 e. The molecule has 0 radical (unpaired) electrons. The van der Waals surface area contributed by atoms with E-state index >= 15 is 0 Å². The zero-order valence-corrected chi connectivity index (χ0v) is 11.9. The monoisotopic (exact) mass is 333 g/mol. The topological polar surface area (TPSA) is 76.1 Å². The Bertz CT molecular complexity index is 590. The van der Waals surface area contributed by atoms with Crippen LogP contribution in [-0.4, -0.2) is 54.0 Å². The Morgan fingerprint density at radius 2 is 2.13 bits per heavy atom. The summed E-state index contributed by atoms with van der Waals surface area (Å²) in [5, 5.41) is 8.87. The van der Waals surface area contributed by atoms with Gasteiger partial charge in [0.25, 0.3) is 5.91 Å². The summed E-state index contributed by atoms with van der Waals surface area (Å²) in [5.41, 5.74) is -0.0101. The quantitative estimate of drug-likeness (QED) is 0.911. The maximum Gasteiger partial charge on any atom is 0.573 e. The number of amides is 1. The van der Waals surface area contributed by atoms with Crippen LogP contribution in [-0.2, 0) is 9.53 Å². The first-order valence-electron chi connectivity index (χ1n) is 6.72. The molecule has 2 rings (SSSR count). The van der Waals surface area contributed by atoms with Crippen molar-refractivity contribution in [1.29, 1.82) is 0 Å². The van der Waals surface area contributed by atoms with E-state index in [0.29, 0.717) is 0 Å². The minimum Gasteiger partial charge on any atom is -0.481 e. The minimum absolute atomic E-state index is 0.0101. The van der Waals surface area contributed by atoms with Gasteiger partial charge in [0, 0.05) is 12.1 Å². The van der Waals surface area contributed by atoms with Crippen molar-refractivity contribution in [1.82, 2.24) is 4.90 Å². The Morgan fingerprint density at radius 3 is 2.78 bits per heavy atom. The number of morpholine rings is 1. The van der Waals surface area contributed by atoms with Gasteiger partial charge in [-0.1, -0.05) is 6.07 Å². The number of carbonyl (C=O) groups excluding carboxylic acids is 1. The number of hydrogen-bond acceptors (Lipinski definition) is 4. The average molecular weight is 333 g/mol. The molecule has 23 heavy (non-hydrogen) atoms. The molecule has 6 nitrogen and oxygen atoms in total. The third kappa shape index (κ3) is 4.85. The summed E-state index contributed by atoms with van der Waals surface area (Å²) >= 11 is 0. The third-order valence-electron chi connectivity index (χ3n) is 3.21. The van der Waals surface area contributed by atoms with Gasteiger partial charge < -0.3 is 19.5 Å². The van der Waals surface area contributed by atoms with Gasteiger partial charge in [0.2, 0.25) is 0 Å². The number of aliphatic carboxylic acids is 1. The van der Waals surface area contributed by atoms with Gasteiger partial charge in [-0.2, -0.15) is 0 Å². The van der Waals surface area contributed by atoms with Gasteiger partial charge >= 0.3 is 12.3 Å². The first-order chi connectivity index (χ1) is 10.8. The lowest BCUT2D eigenvalue weighted by Gasteiger charge is -2.34. The highest BCUT2D eigenvalue weighted by Crippen LogP contribution is 2.24. The molecule has 1 aliphatic rings. The van der Waals surface area contributed by atoms with Gasteiger partial charge in [0.05, 0.1) is 25.7 Å². The van der Waals surface area contributed by atoms with E-state index in [1.165, 1.54) is 17.0 Å². The number of benzene rings is 1. The van der Waals surface area contributed by atoms with E-state index in [9.17, 15) is 22.8 Å². The normalized spacial score (nSPS) is 18.6.